The molecular weight excluding hydrogens is 263 g/mol. The maximum atomic E-state index is 13.3. The Morgan fingerprint density at radius 1 is 1.45 bits per heavy atom. The first-order valence-corrected chi connectivity index (χ1v) is 6.04. The SMILES string of the molecule is CC(C)(C)OC(=O)Nc1cnc(F)cc1-c1ccco1. The van der Waals surface area contributed by atoms with Crippen molar-refractivity contribution in [2.45, 2.75) is 26.4 Å². The minimum Gasteiger partial charge on any atom is -0.464 e. The van der Waals surface area contributed by atoms with Gasteiger partial charge in [0.2, 0.25) is 5.95 Å². The van der Waals surface area contributed by atoms with E-state index in [1.165, 1.54) is 18.5 Å². The third-order valence-corrected chi connectivity index (χ3v) is 2.29. The van der Waals surface area contributed by atoms with Crippen molar-refractivity contribution in [2.24, 2.45) is 0 Å². The Hall–Kier alpha value is -2.37. The van der Waals surface area contributed by atoms with Gasteiger partial charge in [0.25, 0.3) is 0 Å². The van der Waals surface area contributed by atoms with E-state index < -0.39 is 17.6 Å². The molecule has 1 N–H and O–H groups in total. The summed E-state index contributed by atoms with van der Waals surface area (Å²) in [5.41, 5.74) is 0.0894. The van der Waals surface area contributed by atoms with E-state index in [2.05, 4.69) is 10.3 Å². The molecule has 0 saturated carbocycles. The van der Waals surface area contributed by atoms with Crippen LogP contribution in [0.4, 0.5) is 14.9 Å². The molecule has 2 heterocycles. The molecule has 0 bridgehead atoms. The Balaban J connectivity index is 2.26. The van der Waals surface area contributed by atoms with E-state index in [9.17, 15) is 9.18 Å². The molecule has 6 heteroatoms. The third-order valence-electron chi connectivity index (χ3n) is 2.29. The lowest BCUT2D eigenvalue weighted by molar-refractivity contribution is 0.0636. The Morgan fingerprint density at radius 3 is 2.80 bits per heavy atom. The molecule has 2 aromatic heterocycles. The van der Waals surface area contributed by atoms with Gasteiger partial charge in [0, 0.05) is 11.6 Å². The molecule has 20 heavy (non-hydrogen) atoms. The molecule has 2 rings (SSSR count). The van der Waals surface area contributed by atoms with Crippen LogP contribution >= 0.6 is 0 Å². The van der Waals surface area contributed by atoms with Gasteiger partial charge in [-0.2, -0.15) is 4.39 Å². The van der Waals surface area contributed by atoms with Crippen molar-refractivity contribution in [3.63, 3.8) is 0 Å². The van der Waals surface area contributed by atoms with Gasteiger partial charge in [0.1, 0.15) is 11.4 Å². The second kappa shape index (κ2) is 5.32. The molecule has 106 valence electrons. The average molecular weight is 278 g/mol. The number of ether oxygens (including phenoxy) is 1. The number of amides is 1. The highest BCUT2D eigenvalue weighted by atomic mass is 19.1. The van der Waals surface area contributed by atoms with Gasteiger partial charge in [-0.05, 0) is 32.9 Å². The lowest BCUT2D eigenvalue weighted by atomic mass is 10.2. The molecule has 5 nitrogen and oxygen atoms in total. The Labute approximate surface area is 115 Å². The molecule has 2 aromatic rings. The first-order valence-electron chi connectivity index (χ1n) is 6.04. The number of hydrogen-bond donors (Lipinski definition) is 1. The summed E-state index contributed by atoms with van der Waals surface area (Å²) >= 11 is 0. The van der Waals surface area contributed by atoms with Gasteiger partial charge in [-0.3, -0.25) is 5.32 Å². The predicted molar refractivity (Wildman–Crippen MR) is 71.8 cm³/mol. The number of nitrogens with zero attached hydrogens (tertiary/aromatic N) is 1. The van der Waals surface area contributed by atoms with Crippen molar-refractivity contribution in [1.82, 2.24) is 4.98 Å². The van der Waals surface area contributed by atoms with Gasteiger partial charge in [-0.1, -0.05) is 0 Å². The van der Waals surface area contributed by atoms with E-state index in [-0.39, 0.29) is 0 Å². The molecule has 0 unspecified atom stereocenters. The number of carbonyl (C=O) groups is 1. The highest BCUT2D eigenvalue weighted by molar-refractivity contribution is 5.90. The highest BCUT2D eigenvalue weighted by Gasteiger charge is 2.18. The zero-order chi connectivity index (χ0) is 14.8. The van der Waals surface area contributed by atoms with Crippen molar-refractivity contribution < 1.29 is 18.3 Å². The normalized spacial score (nSPS) is 11.2. The topological polar surface area (TPSA) is 64.4 Å². The molecular formula is C14H15FN2O3. The summed E-state index contributed by atoms with van der Waals surface area (Å²) in [6.45, 7) is 5.26. The minimum atomic E-state index is -0.661. The van der Waals surface area contributed by atoms with Crippen LogP contribution in [-0.2, 0) is 4.74 Å². The van der Waals surface area contributed by atoms with Crippen molar-refractivity contribution in [1.29, 1.82) is 0 Å². The van der Waals surface area contributed by atoms with Crippen LogP contribution in [-0.4, -0.2) is 16.7 Å². The Morgan fingerprint density at radius 2 is 2.20 bits per heavy atom. The van der Waals surface area contributed by atoms with Crippen LogP contribution in [0.1, 0.15) is 20.8 Å². The number of anilines is 1. The van der Waals surface area contributed by atoms with Crippen molar-refractivity contribution in [3.8, 4) is 11.3 Å². The van der Waals surface area contributed by atoms with Crippen LogP contribution in [0.25, 0.3) is 11.3 Å². The monoisotopic (exact) mass is 278 g/mol. The Kier molecular flexibility index (Phi) is 3.74. The maximum Gasteiger partial charge on any atom is 0.412 e. The van der Waals surface area contributed by atoms with Crippen LogP contribution < -0.4 is 5.32 Å². The van der Waals surface area contributed by atoms with Gasteiger partial charge in [0.15, 0.2) is 0 Å². The van der Waals surface area contributed by atoms with Gasteiger partial charge in [-0.15, -0.1) is 0 Å². The summed E-state index contributed by atoms with van der Waals surface area (Å²) in [4.78, 5) is 15.3. The first-order chi connectivity index (χ1) is 9.35. The second-order valence-corrected chi connectivity index (χ2v) is 5.16. The van der Waals surface area contributed by atoms with Crippen LogP contribution in [0.5, 0.6) is 0 Å². The van der Waals surface area contributed by atoms with E-state index in [4.69, 9.17) is 9.15 Å². The van der Waals surface area contributed by atoms with Crippen molar-refractivity contribution in [3.05, 3.63) is 36.6 Å². The number of carbonyl (C=O) groups excluding carboxylic acids is 1. The molecule has 0 aliphatic heterocycles. The zero-order valence-electron chi connectivity index (χ0n) is 11.4. The molecule has 0 saturated heterocycles. The smallest absolute Gasteiger partial charge is 0.412 e. The molecule has 0 aliphatic carbocycles. The summed E-state index contributed by atoms with van der Waals surface area (Å²) in [5, 5.41) is 2.53. The summed E-state index contributed by atoms with van der Waals surface area (Å²) in [5.74, 6) is -0.233. The summed E-state index contributed by atoms with van der Waals surface area (Å²) in [7, 11) is 0. The highest BCUT2D eigenvalue weighted by Crippen LogP contribution is 2.28. The number of nitrogens with one attached hydrogen (secondary N) is 1. The minimum absolute atomic E-state index is 0.315. The third kappa shape index (κ3) is 3.57. The van der Waals surface area contributed by atoms with E-state index in [1.54, 1.807) is 32.9 Å². The first kappa shape index (κ1) is 14.0. The molecule has 0 aliphatic rings. The predicted octanol–water partition coefficient (Wildman–Crippen LogP) is 3.83. The van der Waals surface area contributed by atoms with Gasteiger partial charge in [0.05, 0.1) is 18.1 Å². The number of hydrogen-bond acceptors (Lipinski definition) is 4. The number of halogens is 1. The van der Waals surface area contributed by atoms with E-state index in [0.29, 0.717) is 17.0 Å². The number of pyridine rings is 1. The lowest BCUT2D eigenvalue weighted by Crippen LogP contribution is -2.27. The molecule has 0 spiro atoms. The molecule has 0 atom stereocenters. The fourth-order valence-electron chi connectivity index (χ4n) is 1.58. The van der Waals surface area contributed by atoms with E-state index in [0.717, 1.165) is 0 Å². The lowest BCUT2D eigenvalue weighted by Gasteiger charge is -2.20. The van der Waals surface area contributed by atoms with E-state index >= 15 is 0 Å². The number of furan rings is 1. The Bertz CT molecular complexity index is 603. The van der Waals surface area contributed by atoms with Crippen LogP contribution in [0.2, 0.25) is 0 Å². The van der Waals surface area contributed by atoms with Crippen LogP contribution in [0.15, 0.2) is 35.1 Å². The van der Waals surface area contributed by atoms with Crippen molar-refractivity contribution in [2.75, 3.05) is 5.32 Å². The fourth-order valence-corrected chi connectivity index (χ4v) is 1.58. The molecule has 0 fully saturated rings. The maximum absolute atomic E-state index is 13.3. The van der Waals surface area contributed by atoms with Gasteiger partial charge < -0.3 is 9.15 Å². The van der Waals surface area contributed by atoms with Crippen LogP contribution in [0, 0.1) is 5.95 Å². The summed E-state index contributed by atoms with van der Waals surface area (Å²) in [6.07, 6.45) is 2.04. The number of rotatable bonds is 2. The average Bonchev–Trinajstić information content (AvgIpc) is 2.82. The van der Waals surface area contributed by atoms with Gasteiger partial charge in [-0.25, -0.2) is 9.78 Å². The standard InChI is InChI=1S/C14H15FN2O3/c1-14(2,3)20-13(18)17-10-8-16-12(15)7-9(10)11-5-4-6-19-11/h4-8H,1-3H3,(H,17,18). The molecule has 1 amide bonds. The zero-order valence-corrected chi connectivity index (χ0v) is 11.4. The largest absolute Gasteiger partial charge is 0.464 e. The van der Waals surface area contributed by atoms with E-state index in [1.807, 2.05) is 0 Å². The van der Waals surface area contributed by atoms with Crippen molar-refractivity contribution >= 4 is 11.8 Å². The summed E-state index contributed by atoms with van der Waals surface area (Å²) < 4.78 is 23.6. The van der Waals surface area contributed by atoms with Crippen LogP contribution in [0.3, 0.4) is 0 Å². The second-order valence-electron chi connectivity index (χ2n) is 5.16. The number of aromatic nitrogens is 1. The molecule has 0 aromatic carbocycles. The molecule has 0 radical (unpaired) electrons. The summed E-state index contributed by atoms with van der Waals surface area (Å²) in [6, 6.07) is 4.52. The quantitative estimate of drug-likeness (QED) is 0.848. The fraction of sp³-hybridized carbons (Fsp3) is 0.286. The van der Waals surface area contributed by atoms with Gasteiger partial charge >= 0.3 is 6.09 Å².